The van der Waals surface area contributed by atoms with Crippen molar-refractivity contribution in [1.29, 1.82) is 0 Å². The SMILES string of the molecule is Cn1nccc1-c1cc(N)ccc1OCCN1CCC1. The Morgan fingerprint density at radius 1 is 1.30 bits per heavy atom. The summed E-state index contributed by atoms with van der Waals surface area (Å²) in [6.45, 7) is 4.07. The van der Waals surface area contributed by atoms with Crippen molar-refractivity contribution in [2.24, 2.45) is 7.05 Å². The molecule has 1 aliphatic rings. The van der Waals surface area contributed by atoms with Crippen LogP contribution in [-0.4, -0.2) is 40.9 Å². The van der Waals surface area contributed by atoms with Crippen LogP contribution in [-0.2, 0) is 7.05 Å². The number of aryl methyl sites for hydroxylation is 1. The average Bonchev–Trinajstić information content (AvgIpc) is 2.80. The summed E-state index contributed by atoms with van der Waals surface area (Å²) in [7, 11) is 1.92. The maximum Gasteiger partial charge on any atom is 0.128 e. The van der Waals surface area contributed by atoms with E-state index in [2.05, 4.69) is 10.00 Å². The zero-order chi connectivity index (χ0) is 13.9. The smallest absolute Gasteiger partial charge is 0.128 e. The van der Waals surface area contributed by atoms with Gasteiger partial charge < -0.3 is 10.5 Å². The van der Waals surface area contributed by atoms with Crippen LogP contribution < -0.4 is 10.5 Å². The number of hydrogen-bond donors (Lipinski definition) is 1. The molecule has 2 N–H and O–H groups in total. The molecule has 0 unspecified atom stereocenters. The molecule has 5 nitrogen and oxygen atoms in total. The van der Waals surface area contributed by atoms with Crippen molar-refractivity contribution in [3.8, 4) is 17.0 Å². The van der Waals surface area contributed by atoms with E-state index in [9.17, 15) is 0 Å². The molecule has 0 saturated carbocycles. The summed E-state index contributed by atoms with van der Waals surface area (Å²) in [4.78, 5) is 2.39. The van der Waals surface area contributed by atoms with Gasteiger partial charge in [0.25, 0.3) is 0 Å². The molecule has 5 heteroatoms. The van der Waals surface area contributed by atoms with Crippen LogP contribution in [0.2, 0.25) is 0 Å². The van der Waals surface area contributed by atoms with Gasteiger partial charge in [-0.15, -0.1) is 0 Å². The van der Waals surface area contributed by atoms with E-state index in [1.165, 1.54) is 19.5 Å². The van der Waals surface area contributed by atoms with Crippen molar-refractivity contribution in [2.75, 3.05) is 32.0 Å². The fraction of sp³-hybridized carbons (Fsp3) is 0.400. The van der Waals surface area contributed by atoms with Gasteiger partial charge in [0, 0.05) is 31.0 Å². The minimum absolute atomic E-state index is 0.703. The van der Waals surface area contributed by atoms with Gasteiger partial charge >= 0.3 is 0 Å². The molecule has 0 amide bonds. The van der Waals surface area contributed by atoms with Gasteiger partial charge in [-0.05, 0) is 43.8 Å². The van der Waals surface area contributed by atoms with Crippen molar-refractivity contribution >= 4 is 5.69 Å². The van der Waals surface area contributed by atoms with Crippen LogP contribution in [0.3, 0.4) is 0 Å². The predicted molar refractivity (Wildman–Crippen MR) is 79.6 cm³/mol. The number of nitrogens with zero attached hydrogens (tertiary/aromatic N) is 3. The minimum Gasteiger partial charge on any atom is -0.492 e. The monoisotopic (exact) mass is 272 g/mol. The highest BCUT2D eigenvalue weighted by molar-refractivity contribution is 5.71. The highest BCUT2D eigenvalue weighted by Crippen LogP contribution is 2.31. The number of anilines is 1. The summed E-state index contributed by atoms with van der Waals surface area (Å²) >= 11 is 0. The Labute approximate surface area is 118 Å². The van der Waals surface area contributed by atoms with Crippen molar-refractivity contribution in [2.45, 2.75) is 6.42 Å². The first kappa shape index (κ1) is 13.0. The molecule has 1 aromatic heterocycles. The Hall–Kier alpha value is -2.01. The lowest BCUT2D eigenvalue weighted by atomic mass is 10.1. The van der Waals surface area contributed by atoms with Crippen molar-refractivity contribution in [1.82, 2.24) is 14.7 Å². The summed E-state index contributed by atoms with van der Waals surface area (Å²) in [5.74, 6) is 0.864. The maximum atomic E-state index is 5.94. The van der Waals surface area contributed by atoms with Gasteiger partial charge in [-0.25, -0.2) is 0 Å². The van der Waals surface area contributed by atoms with E-state index in [0.29, 0.717) is 6.61 Å². The highest BCUT2D eigenvalue weighted by Gasteiger charge is 2.14. The third-order valence-corrected chi connectivity index (χ3v) is 3.71. The van der Waals surface area contributed by atoms with Gasteiger partial charge in [0.15, 0.2) is 0 Å². The largest absolute Gasteiger partial charge is 0.492 e. The Morgan fingerprint density at radius 3 is 2.80 bits per heavy atom. The van der Waals surface area contributed by atoms with E-state index in [-0.39, 0.29) is 0 Å². The number of benzene rings is 1. The number of hydrogen-bond acceptors (Lipinski definition) is 4. The summed E-state index contributed by atoms with van der Waals surface area (Å²) < 4.78 is 7.77. The lowest BCUT2D eigenvalue weighted by Crippen LogP contribution is -2.39. The van der Waals surface area contributed by atoms with Gasteiger partial charge in [-0.3, -0.25) is 9.58 Å². The number of aromatic nitrogens is 2. The molecule has 106 valence electrons. The molecule has 0 radical (unpaired) electrons. The Kier molecular flexibility index (Phi) is 3.60. The summed E-state index contributed by atoms with van der Waals surface area (Å²) in [5.41, 5.74) is 8.63. The van der Waals surface area contributed by atoms with Crippen LogP contribution in [0.4, 0.5) is 5.69 Å². The van der Waals surface area contributed by atoms with Crippen molar-refractivity contribution < 1.29 is 4.74 Å². The van der Waals surface area contributed by atoms with Crippen molar-refractivity contribution in [3.63, 3.8) is 0 Å². The zero-order valence-electron chi connectivity index (χ0n) is 11.7. The molecule has 0 bridgehead atoms. The number of nitrogens with two attached hydrogens (primary N) is 1. The quantitative estimate of drug-likeness (QED) is 0.843. The molecule has 1 fully saturated rings. The number of rotatable bonds is 5. The van der Waals surface area contributed by atoms with Crippen LogP contribution in [0.5, 0.6) is 5.75 Å². The first-order valence-electron chi connectivity index (χ1n) is 6.97. The van der Waals surface area contributed by atoms with E-state index in [1.807, 2.05) is 36.0 Å². The van der Waals surface area contributed by atoms with Gasteiger partial charge in [0.05, 0.1) is 5.69 Å². The summed E-state index contributed by atoms with van der Waals surface area (Å²) in [5, 5.41) is 4.21. The van der Waals surface area contributed by atoms with Gasteiger partial charge in [0.1, 0.15) is 12.4 Å². The standard InChI is InChI=1S/C15H20N4O/c1-18-14(5-6-17-18)13-11-12(16)3-4-15(13)20-10-9-19-7-2-8-19/h3-6,11H,2,7-10,16H2,1H3. The molecule has 1 aliphatic heterocycles. The maximum absolute atomic E-state index is 5.94. The molecule has 2 heterocycles. The van der Waals surface area contributed by atoms with Gasteiger partial charge in [-0.2, -0.15) is 5.10 Å². The zero-order valence-corrected chi connectivity index (χ0v) is 11.7. The first-order chi connectivity index (χ1) is 9.74. The lowest BCUT2D eigenvalue weighted by molar-refractivity contribution is 0.147. The third-order valence-electron chi connectivity index (χ3n) is 3.71. The second-order valence-electron chi connectivity index (χ2n) is 5.14. The Balaban J connectivity index is 1.77. The lowest BCUT2D eigenvalue weighted by Gasteiger charge is -2.30. The topological polar surface area (TPSA) is 56.3 Å². The normalized spacial score (nSPS) is 15.1. The Morgan fingerprint density at radius 2 is 2.15 bits per heavy atom. The number of ether oxygens (including phenoxy) is 1. The Bertz CT molecular complexity index is 589. The fourth-order valence-corrected chi connectivity index (χ4v) is 2.40. The molecule has 2 aromatic rings. The van der Waals surface area contributed by atoms with Crippen LogP contribution in [0.25, 0.3) is 11.3 Å². The fourth-order valence-electron chi connectivity index (χ4n) is 2.40. The minimum atomic E-state index is 0.703. The number of nitrogen functional groups attached to an aromatic ring is 1. The van der Waals surface area contributed by atoms with Gasteiger partial charge in [-0.1, -0.05) is 0 Å². The molecule has 0 spiro atoms. The summed E-state index contributed by atoms with van der Waals surface area (Å²) in [6.07, 6.45) is 3.09. The van der Waals surface area contributed by atoms with E-state index >= 15 is 0 Å². The molecule has 0 aliphatic carbocycles. The van der Waals surface area contributed by atoms with Crippen LogP contribution >= 0.6 is 0 Å². The molecule has 3 rings (SSSR count). The van der Waals surface area contributed by atoms with E-state index in [0.717, 1.165) is 29.2 Å². The van der Waals surface area contributed by atoms with Crippen LogP contribution in [0.1, 0.15) is 6.42 Å². The molecular formula is C15H20N4O. The predicted octanol–water partition coefficient (Wildman–Crippen LogP) is 1.75. The first-order valence-corrected chi connectivity index (χ1v) is 6.97. The molecule has 1 aromatic carbocycles. The second kappa shape index (κ2) is 5.54. The van der Waals surface area contributed by atoms with Gasteiger partial charge in [0.2, 0.25) is 0 Å². The van der Waals surface area contributed by atoms with Crippen LogP contribution in [0, 0.1) is 0 Å². The summed E-state index contributed by atoms with van der Waals surface area (Å²) in [6, 6.07) is 7.72. The molecule has 1 saturated heterocycles. The third kappa shape index (κ3) is 2.63. The van der Waals surface area contributed by atoms with E-state index in [4.69, 9.17) is 10.5 Å². The van der Waals surface area contributed by atoms with E-state index < -0.39 is 0 Å². The van der Waals surface area contributed by atoms with E-state index in [1.54, 1.807) is 6.20 Å². The second-order valence-corrected chi connectivity index (χ2v) is 5.14. The van der Waals surface area contributed by atoms with Crippen molar-refractivity contribution in [3.05, 3.63) is 30.5 Å². The highest BCUT2D eigenvalue weighted by atomic mass is 16.5. The molecular weight excluding hydrogens is 252 g/mol. The van der Waals surface area contributed by atoms with Crippen LogP contribution in [0.15, 0.2) is 30.5 Å². The molecule has 0 atom stereocenters. The number of likely N-dealkylation sites (tertiary alicyclic amines) is 1. The molecule has 20 heavy (non-hydrogen) atoms. The average molecular weight is 272 g/mol.